The highest BCUT2D eigenvalue weighted by molar-refractivity contribution is 9.10. The van der Waals surface area contributed by atoms with Crippen LogP contribution in [0.1, 0.15) is 36.5 Å². The van der Waals surface area contributed by atoms with Gasteiger partial charge in [-0.1, -0.05) is 6.92 Å². The topological polar surface area (TPSA) is 45.5 Å². The average molecular weight is 315 g/mol. The van der Waals surface area contributed by atoms with Crippen molar-refractivity contribution in [2.75, 3.05) is 19.6 Å². The largest absolute Gasteiger partial charge is 0.457 e. The Morgan fingerprint density at radius 2 is 2.28 bits per heavy atom. The molecule has 0 saturated carbocycles. The summed E-state index contributed by atoms with van der Waals surface area (Å²) in [5.74, 6) is 0.0735. The summed E-state index contributed by atoms with van der Waals surface area (Å²) >= 11 is 3.28. The summed E-state index contributed by atoms with van der Waals surface area (Å²) in [7, 11) is 0. The fraction of sp³-hybridized carbons (Fsp3) is 0.615. The Hall–Kier alpha value is -0.810. The maximum Gasteiger partial charge on any atom is 0.258 e. The van der Waals surface area contributed by atoms with Gasteiger partial charge in [0.1, 0.15) is 0 Å². The first-order chi connectivity index (χ1) is 8.74. The van der Waals surface area contributed by atoms with Crippen LogP contribution in [-0.2, 0) is 0 Å². The fourth-order valence-corrected chi connectivity index (χ4v) is 2.82. The minimum Gasteiger partial charge on any atom is -0.457 e. The molecule has 2 heterocycles. The number of nitrogens with one attached hydrogen (secondary N) is 1. The second kappa shape index (κ2) is 6.38. The minimum absolute atomic E-state index is 0.0735. The second-order valence-electron chi connectivity index (χ2n) is 4.59. The molecule has 5 heteroatoms. The number of hydrogen-bond acceptors (Lipinski definition) is 3. The normalized spacial score (nSPS) is 16.8. The Labute approximate surface area is 116 Å². The summed E-state index contributed by atoms with van der Waals surface area (Å²) in [5, 5.41) is 3.33. The lowest BCUT2D eigenvalue weighted by atomic mass is 10.0. The van der Waals surface area contributed by atoms with Crippen molar-refractivity contribution in [3.63, 3.8) is 0 Å². The third-order valence-corrected chi connectivity index (χ3v) is 3.94. The summed E-state index contributed by atoms with van der Waals surface area (Å²) in [6, 6.07) is 2.08. The van der Waals surface area contributed by atoms with Crippen LogP contribution in [-0.4, -0.2) is 36.5 Å². The predicted molar refractivity (Wildman–Crippen MR) is 73.6 cm³/mol. The van der Waals surface area contributed by atoms with E-state index in [2.05, 4.69) is 28.2 Å². The first-order valence-electron chi connectivity index (χ1n) is 6.48. The maximum atomic E-state index is 12.5. The highest BCUT2D eigenvalue weighted by Crippen LogP contribution is 2.22. The molecule has 0 atom stereocenters. The molecule has 1 aromatic rings. The quantitative estimate of drug-likeness (QED) is 0.929. The number of hydrogen-bond donors (Lipinski definition) is 1. The number of halogens is 1. The fourth-order valence-electron chi connectivity index (χ4n) is 2.41. The molecule has 1 fully saturated rings. The third-order valence-electron chi connectivity index (χ3n) is 3.32. The average Bonchev–Trinajstić information content (AvgIpc) is 2.82. The summed E-state index contributed by atoms with van der Waals surface area (Å²) in [4.78, 5) is 14.5. The molecule has 0 aromatic carbocycles. The van der Waals surface area contributed by atoms with Gasteiger partial charge in [-0.2, -0.15) is 0 Å². The van der Waals surface area contributed by atoms with Gasteiger partial charge in [0, 0.05) is 12.6 Å². The SMILES string of the molecule is CCCN(C(=O)c1ccoc1Br)C1CCNCC1. The number of piperidine rings is 1. The number of rotatable bonds is 4. The Morgan fingerprint density at radius 1 is 1.56 bits per heavy atom. The van der Waals surface area contributed by atoms with E-state index in [1.165, 1.54) is 0 Å². The standard InChI is InChI=1S/C13H19BrN2O2/c1-2-8-16(10-3-6-15-7-4-10)13(17)11-5-9-18-12(11)14/h5,9-10,15H,2-4,6-8H2,1H3. The van der Waals surface area contributed by atoms with E-state index in [-0.39, 0.29) is 5.91 Å². The van der Waals surface area contributed by atoms with Gasteiger partial charge in [-0.3, -0.25) is 4.79 Å². The molecule has 18 heavy (non-hydrogen) atoms. The lowest BCUT2D eigenvalue weighted by Gasteiger charge is -2.34. The van der Waals surface area contributed by atoms with Crippen molar-refractivity contribution in [2.24, 2.45) is 0 Å². The lowest BCUT2D eigenvalue weighted by Crippen LogP contribution is -2.46. The molecule has 4 nitrogen and oxygen atoms in total. The number of carbonyl (C=O) groups is 1. The Kier molecular flexibility index (Phi) is 4.83. The summed E-state index contributed by atoms with van der Waals surface area (Å²) in [5.41, 5.74) is 0.627. The van der Waals surface area contributed by atoms with Gasteiger partial charge < -0.3 is 14.6 Å². The Bertz CT molecular complexity index is 399. The second-order valence-corrected chi connectivity index (χ2v) is 5.31. The van der Waals surface area contributed by atoms with E-state index in [0.29, 0.717) is 16.3 Å². The monoisotopic (exact) mass is 314 g/mol. The molecule has 1 N–H and O–H groups in total. The van der Waals surface area contributed by atoms with Crippen molar-refractivity contribution in [2.45, 2.75) is 32.2 Å². The van der Waals surface area contributed by atoms with Gasteiger partial charge in [-0.05, 0) is 54.3 Å². The molecule has 1 aromatic heterocycles. The summed E-state index contributed by atoms with van der Waals surface area (Å²) < 4.78 is 5.69. The Balaban J connectivity index is 2.13. The molecule has 0 spiro atoms. The van der Waals surface area contributed by atoms with Crippen molar-refractivity contribution in [3.05, 3.63) is 22.6 Å². The molecule has 0 bridgehead atoms. The van der Waals surface area contributed by atoms with Gasteiger partial charge in [0.2, 0.25) is 0 Å². The first kappa shape index (κ1) is 13.6. The van der Waals surface area contributed by atoms with E-state index in [1.54, 1.807) is 12.3 Å². The molecule has 2 rings (SSSR count). The van der Waals surface area contributed by atoms with Crippen LogP contribution in [0.5, 0.6) is 0 Å². The molecule has 0 radical (unpaired) electrons. The molecule has 100 valence electrons. The number of furan rings is 1. The van der Waals surface area contributed by atoms with Gasteiger partial charge in [-0.15, -0.1) is 0 Å². The van der Waals surface area contributed by atoms with Crippen molar-refractivity contribution in [1.82, 2.24) is 10.2 Å². The zero-order chi connectivity index (χ0) is 13.0. The van der Waals surface area contributed by atoms with Crippen molar-refractivity contribution in [3.8, 4) is 0 Å². The van der Waals surface area contributed by atoms with Gasteiger partial charge in [0.15, 0.2) is 4.67 Å². The van der Waals surface area contributed by atoms with Crippen LogP contribution in [0, 0.1) is 0 Å². The highest BCUT2D eigenvalue weighted by atomic mass is 79.9. The summed E-state index contributed by atoms with van der Waals surface area (Å²) in [6.45, 7) is 4.89. The van der Waals surface area contributed by atoms with Gasteiger partial charge in [0.05, 0.1) is 11.8 Å². The van der Waals surface area contributed by atoms with Crippen LogP contribution in [0.15, 0.2) is 21.4 Å². The lowest BCUT2D eigenvalue weighted by molar-refractivity contribution is 0.0640. The van der Waals surface area contributed by atoms with Crippen LogP contribution >= 0.6 is 15.9 Å². The van der Waals surface area contributed by atoms with E-state index >= 15 is 0 Å². The predicted octanol–water partition coefficient (Wildman–Crippen LogP) is 2.65. The van der Waals surface area contributed by atoms with Crippen LogP contribution in [0.4, 0.5) is 0 Å². The van der Waals surface area contributed by atoms with Crippen molar-refractivity contribution < 1.29 is 9.21 Å². The molecule has 1 amide bonds. The van der Waals surface area contributed by atoms with E-state index in [9.17, 15) is 4.79 Å². The molecule has 0 aliphatic carbocycles. The molecule has 1 saturated heterocycles. The zero-order valence-electron chi connectivity index (χ0n) is 10.6. The van der Waals surface area contributed by atoms with Crippen LogP contribution < -0.4 is 5.32 Å². The first-order valence-corrected chi connectivity index (χ1v) is 7.28. The van der Waals surface area contributed by atoms with E-state index in [4.69, 9.17) is 4.42 Å². The van der Waals surface area contributed by atoms with Crippen molar-refractivity contribution >= 4 is 21.8 Å². The molecular formula is C13H19BrN2O2. The van der Waals surface area contributed by atoms with E-state index in [0.717, 1.165) is 38.9 Å². The maximum absolute atomic E-state index is 12.5. The summed E-state index contributed by atoms with van der Waals surface area (Å²) in [6.07, 6.45) is 4.58. The number of amides is 1. The van der Waals surface area contributed by atoms with Gasteiger partial charge in [0.25, 0.3) is 5.91 Å². The molecule has 1 aliphatic heterocycles. The van der Waals surface area contributed by atoms with Crippen molar-refractivity contribution in [1.29, 1.82) is 0 Å². The zero-order valence-corrected chi connectivity index (χ0v) is 12.2. The molecule has 0 unspecified atom stereocenters. The smallest absolute Gasteiger partial charge is 0.258 e. The van der Waals surface area contributed by atoms with Crippen LogP contribution in [0.3, 0.4) is 0 Å². The van der Waals surface area contributed by atoms with Gasteiger partial charge >= 0.3 is 0 Å². The van der Waals surface area contributed by atoms with E-state index < -0.39 is 0 Å². The number of carbonyl (C=O) groups excluding carboxylic acids is 1. The molecule has 1 aliphatic rings. The van der Waals surface area contributed by atoms with E-state index in [1.807, 2.05) is 4.90 Å². The molecular weight excluding hydrogens is 296 g/mol. The van der Waals surface area contributed by atoms with Gasteiger partial charge in [-0.25, -0.2) is 0 Å². The number of nitrogens with zero attached hydrogens (tertiary/aromatic N) is 1. The Morgan fingerprint density at radius 3 is 2.83 bits per heavy atom. The highest BCUT2D eigenvalue weighted by Gasteiger charge is 2.27. The van der Waals surface area contributed by atoms with Crippen LogP contribution in [0.25, 0.3) is 0 Å². The minimum atomic E-state index is 0.0735. The van der Waals surface area contributed by atoms with Crippen LogP contribution in [0.2, 0.25) is 0 Å². The third kappa shape index (κ3) is 2.95.